The Balaban J connectivity index is 1.48. The van der Waals surface area contributed by atoms with Gasteiger partial charge in [0.05, 0.1) is 23.1 Å². The van der Waals surface area contributed by atoms with Gasteiger partial charge in [-0.25, -0.2) is 14.1 Å². The maximum Gasteiger partial charge on any atom is 0.346 e. The van der Waals surface area contributed by atoms with Crippen LogP contribution >= 0.6 is 0 Å². The summed E-state index contributed by atoms with van der Waals surface area (Å²) in [6, 6.07) is 11.9. The summed E-state index contributed by atoms with van der Waals surface area (Å²) in [5, 5.41) is 0. The third kappa shape index (κ3) is 2.40. The minimum Gasteiger partial charge on any atom is -0.421 e. The van der Waals surface area contributed by atoms with Crippen LogP contribution in [0, 0.1) is 29.5 Å². The lowest BCUT2D eigenvalue weighted by molar-refractivity contribution is -0.123. The quantitative estimate of drug-likeness (QED) is 0.465. The summed E-state index contributed by atoms with van der Waals surface area (Å²) in [6.07, 6.45) is 2.93. The second kappa shape index (κ2) is 6.26. The van der Waals surface area contributed by atoms with Gasteiger partial charge in [-0.1, -0.05) is 24.3 Å². The zero-order chi connectivity index (χ0) is 19.4. The van der Waals surface area contributed by atoms with Crippen LogP contribution in [0.1, 0.15) is 29.6 Å². The van der Waals surface area contributed by atoms with E-state index in [1.54, 1.807) is 18.2 Å². The van der Waals surface area contributed by atoms with Gasteiger partial charge >= 0.3 is 5.97 Å². The molecule has 2 aromatic rings. The summed E-state index contributed by atoms with van der Waals surface area (Å²) in [5.41, 5.74) is 0.0438. The minimum atomic E-state index is -0.870. The number of ether oxygens (including phenoxy) is 1. The van der Waals surface area contributed by atoms with Crippen molar-refractivity contribution in [3.05, 3.63) is 59.9 Å². The SMILES string of the molecule is O=C(Oc1ccccc1N1C(=O)C2C3CCC(C3)C2C1=O)c1ccccc1F. The second-order valence-electron chi connectivity index (χ2n) is 7.73. The zero-order valence-electron chi connectivity index (χ0n) is 15.0. The monoisotopic (exact) mass is 379 g/mol. The van der Waals surface area contributed by atoms with Gasteiger partial charge in [0, 0.05) is 0 Å². The van der Waals surface area contributed by atoms with Crippen LogP contribution in [0.2, 0.25) is 0 Å². The molecular weight excluding hydrogens is 361 g/mol. The van der Waals surface area contributed by atoms with Crippen molar-refractivity contribution in [2.45, 2.75) is 19.3 Å². The molecule has 5 nitrogen and oxygen atoms in total. The number of halogens is 1. The summed E-state index contributed by atoms with van der Waals surface area (Å²) in [5.74, 6) is -1.90. The van der Waals surface area contributed by atoms with Crippen molar-refractivity contribution in [3.8, 4) is 5.75 Å². The van der Waals surface area contributed by atoms with Crippen LogP contribution in [-0.2, 0) is 9.59 Å². The van der Waals surface area contributed by atoms with E-state index < -0.39 is 11.8 Å². The third-order valence-corrected chi connectivity index (χ3v) is 6.33. The Morgan fingerprint density at radius 2 is 1.54 bits per heavy atom. The third-order valence-electron chi connectivity index (χ3n) is 6.33. The molecule has 6 heteroatoms. The van der Waals surface area contributed by atoms with Crippen LogP contribution in [0.4, 0.5) is 10.1 Å². The van der Waals surface area contributed by atoms with Gasteiger partial charge in [-0.3, -0.25) is 9.59 Å². The first-order valence-electron chi connectivity index (χ1n) is 9.50. The van der Waals surface area contributed by atoms with Crippen molar-refractivity contribution in [2.75, 3.05) is 4.90 Å². The van der Waals surface area contributed by atoms with Crippen LogP contribution in [0.15, 0.2) is 48.5 Å². The summed E-state index contributed by atoms with van der Waals surface area (Å²) < 4.78 is 19.3. The fourth-order valence-electron chi connectivity index (χ4n) is 5.16. The number of benzene rings is 2. The molecule has 0 radical (unpaired) electrons. The highest BCUT2D eigenvalue weighted by molar-refractivity contribution is 6.23. The van der Waals surface area contributed by atoms with E-state index in [9.17, 15) is 18.8 Å². The Kier molecular flexibility index (Phi) is 3.82. The lowest BCUT2D eigenvalue weighted by Gasteiger charge is -2.20. The van der Waals surface area contributed by atoms with E-state index >= 15 is 0 Å². The fourth-order valence-corrected chi connectivity index (χ4v) is 5.16. The highest BCUT2D eigenvalue weighted by Gasteiger charge is 2.61. The molecule has 0 aromatic heterocycles. The average Bonchev–Trinajstić information content (AvgIpc) is 3.37. The number of hydrogen-bond donors (Lipinski definition) is 0. The Morgan fingerprint density at radius 3 is 2.21 bits per heavy atom. The number of esters is 1. The summed E-state index contributed by atoms with van der Waals surface area (Å²) in [4.78, 5) is 39.7. The molecule has 0 spiro atoms. The van der Waals surface area contributed by atoms with Gasteiger partial charge in [-0.15, -0.1) is 0 Å². The topological polar surface area (TPSA) is 63.7 Å². The highest BCUT2D eigenvalue weighted by atomic mass is 19.1. The van der Waals surface area contributed by atoms with E-state index in [1.807, 2.05) is 0 Å². The van der Waals surface area contributed by atoms with E-state index in [-0.39, 0.29) is 52.5 Å². The molecule has 28 heavy (non-hydrogen) atoms. The number of hydrogen-bond acceptors (Lipinski definition) is 4. The second-order valence-corrected chi connectivity index (χ2v) is 7.73. The van der Waals surface area contributed by atoms with Crippen LogP contribution in [0.5, 0.6) is 5.75 Å². The Hall–Kier alpha value is -3.02. The number of carbonyl (C=O) groups is 3. The summed E-state index contributed by atoms with van der Waals surface area (Å²) >= 11 is 0. The summed E-state index contributed by atoms with van der Waals surface area (Å²) in [6.45, 7) is 0. The standard InChI is InChI=1S/C22H18FNO4/c23-15-6-2-1-5-14(15)22(27)28-17-8-4-3-7-16(17)24-20(25)18-12-9-10-13(11-12)19(18)21(24)26/h1-8,12-13,18-19H,9-11H2. The average molecular weight is 379 g/mol. The highest BCUT2D eigenvalue weighted by Crippen LogP contribution is 2.57. The predicted molar refractivity (Wildman–Crippen MR) is 98.1 cm³/mol. The Morgan fingerprint density at radius 1 is 0.929 bits per heavy atom. The van der Waals surface area contributed by atoms with E-state index in [2.05, 4.69) is 0 Å². The largest absolute Gasteiger partial charge is 0.421 e. The van der Waals surface area contributed by atoms with Crippen molar-refractivity contribution in [2.24, 2.45) is 23.7 Å². The first kappa shape index (κ1) is 17.1. The maximum absolute atomic E-state index is 13.9. The molecule has 1 heterocycles. The van der Waals surface area contributed by atoms with Crippen molar-refractivity contribution < 1.29 is 23.5 Å². The number of amides is 2. The zero-order valence-corrected chi connectivity index (χ0v) is 15.0. The minimum absolute atomic E-state index is 0.0739. The van der Waals surface area contributed by atoms with Gasteiger partial charge in [-0.2, -0.15) is 0 Å². The number of para-hydroxylation sites is 2. The van der Waals surface area contributed by atoms with E-state index in [0.29, 0.717) is 0 Å². The van der Waals surface area contributed by atoms with Gasteiger partial charge in [0.15, 0.2) is 5.75 Å². The van der Waals surface area contributed by atoms with Gasteiger partial charge in [0.25, 0.3) is 0 Å². The molecule has 2 aromatic carbocycles. The molecule has 1 saturated heterocycles. The number of rotatable bonds is 3. The number of fused-ring (bicyclic) bond motifs is 5. The van der Waals surface area contributed by atoms with Crippen molar-refractivity contribution in [1.29, 1.82) is 0 Å². The van der Waals surface area contributed by atoms with Crippen LogP contribution in [0.3, 0.4) is 0 Å². The van der Waals surface area contributed by atoms with E-state index in [4.69, 9.17) is 4.74 Å². The van der Waals surface area contributed by atoms with Crippen LogP contribution in [0.25, 0.3) is 0 Å². The van der Waals surface area contributed by atoms with E-state index in [1.165, 1.54) is 35.2 Å². The molecule has 5 rings (SSSR count). The molecule has 3 aliphatic rings. The Bertz CT molecular complexity index is 976. The molecule has 2 saturated carbocycles. The molecule has 2 aliphatic carbocycles. The number of nitrogens with zero attached hydrogens (tertiary/aromatic N) is 1. The first-order valence-corrected chi connectivity index (χ1v) is 9.50. The lowest BCUT2D eigenvalue weighted by Crippen LogP contribution is -2.33. The first-order chi connectivity index (χ1) is 13.6. The molecule has 1 aliphatic heterocycles. The van der Waals surface area contributed by atoms with Crippen LogP contribution in [-0.4, -0.2) is 17.8 Å². The van der Waals surface area contributed by atoms with Crippen molar-refractivity contribution in [1.82, 2.24) is 0 Å². The number of anilines is 1. The van der Waals surface area contributed by atoms with Crippen molar-refractivity contribution in [3.63, 3.8) is 0 Å². The fraction of sp³-hybridized carbons (Fsp3) is 0.318. The molecule has 4 atom stereocenters. The molecular formula is C22H18FNO4. The number of imide groups is 1. The predicted octanol–water partition coefficient (Wildman–Crippen LogP) is 3.58. The maximum atomic E-state index is 13.9. The smallest absolute Gasteiger partial charge is 0.346 e. The summed E-state index contributed by atoms with van der Waals surface area (Å²) in [7, 11) is 0. The van der Waals surface area contributed by atoms with Gasteiger partial charge in [0.1, 0.15) is 5.82 Å². The molecule has 2 amide bonds. The van der Waals surface area contributed by atoms with Crippen LogP contribution < -0.4 is 9.64 Å². The molecule has 4 unspecified atom stereocenters. The molecule has 2 bridgehead atoms. The Labute approximate surface area is 161 Å². The molecule has 142 valence electrons. The van der Waals surface area contributed by atoms with Crippen molar-refractivity contribution >= 4 is 23.5 Å². The van der Waals surface area contributed by atoms with Gasteiger partial charge < -0.3 is 4.74 Å². The normalized spacial score (nSPS) is 28.0. The molecule has 0 N–H and O–H groups in total. The van der Waals surface area contributed by atoms with E-state index in [0.717, 1.165) is 19.3 Å². The number of carbonyl (C=O) groups excluding carboxylic acids is 3. The van der Waals surface area contributed by atoms with Gasteiger partial charge in [-0.05, 0) is 55.4 Å². The lowest BCUT2D eigenvalue weighted by atomic mass is 9.81. The molecule has 3 fully saturated rings. The van der Waals surface area contributed by atoms with Gasteiger partial charge in [0.2, 0.25) is 11.8 Å².